The molecule has 0 spiro atoms. The van der Waals surface area contributed by atoms with Crippen LogP contribution in [0.15, 0.2) is 127 Å². The first kappa shape index (κ1) is 38.9. The van der Waals surface area contributed by atoms with Crippen molar-refractivity contribution in [3.8, 4) is 22.6 Å². The Kier molecular flexibility index (Phi) is 11.8. The van der Waals surface area contributed by atoms with Gasteiger partial charge in [0.25, 0.3) is 0 Å². The van der Waals surface area contributed by atoms with E-state index in [4.69, 9.17) is 11.5 Å². The van der Waals surface area contributed by atoms with Gasteiger partial charge in [-0.2, -0.15) is 10.2 Å². The maximum atomic E-state index is 11.7. The van der Waals surface area contributed by atoms with E-state index in [0.717, 1.165) is 35.4 Å². The van der Waals surface area contributed by atoms with E-state index in [1.54, 1.807) is 48.5 Å². The molecule has 18 heteroatoms. The summed E-state index contributed by atoms with van der Waals surface area (Å²) in [7, 11) is -9.68. The minimum atomic E-state index is -4.84. The van der Waals surface area contributed by atoms with E-state index in [0.29, 0.717) is 11.4 Å². The molecule has 0 radical (unpaired) electrons. The smallest absolute Gasteiger partial charge is 0.744 e. The van der Waals surface area contributed by atoms with Crippen molar-refractivity contribution < 1.29 is 95.3 Å². The van der Waals surface area contributed by atoms with Crippen LogP contribution in [-0.4, -0.2) is 36.2 Å². The molecular formula is C32H22N6Na2O8S2. The van der Waals surface area contributed by atoms with Crippen molar-refractivity contribution in [1.82, 2.24) is 0 Å². The average molecular weight is 729 g/mol. The molecule has 14 nitrogen and oxygen atoms in total. The summed E-state index contributed by atoms with van der Waals surface area (Å²) in [5, 5.41) is 37.4. The third-order valence-electron chi connectivity index (χ3n) is 7.38. The molecule has 50 heavy (non-hydrogen) atoms. The van der Waals surface area contributed by atoms with Crippen LogP contribution < -0.4 is 70.6 Å². The number of anilines is 2. The van der Waals surface area contributed by atoms with Gasteiger partial charge in [0.1, 0.15) is 43.1 Å². The molecular weight excluding hydrogens is 707 g/mol. The summed E-state index contributed by atoms with van der Waals surface area (Å²) >= 11 is 0. The first-order chi connectivity index (χ1) is 22.7. The monoisotopic (exact) mass is 728 g/mol. The summed E-state index contributed by atoms with van der Waals surface area (Å²) in [5.74, 6) is -0.640. The number of azo groups is 2. The number of phenolic OH excluding ortho intramolecular Hbond substituents is 2. The first-order valence-corrected chi connectivity index (χ1v) is 16.6. The van der Waals surface area contributed by atoms with Gasteiger partial charge < -0.3 is 30.8 Å². The third-order valence-corrected chi connectivity index (χ3v) is 9.17. The van der Waals surface area contributed by atoms with Gasteiger partial charge >= 0.3 is 59.1 Å². The summed E-state index contributed by atoms with van der Waals surface area (Å²) in [4.78, 5) is -1.04. The van der Waals surface area contributed by atoms with Gasteiger partial charge in [0, 0.05) is 10.8 Å². The van der Waals surface area contributed by atoms with E-state index in [-0.39, 0.29) is 115 Å². The molecule has 6 aromatic rings. The Balaban J connectivity index is 0.00000281. The molecule has 0 saturated carbocycles. The Bertz CT molecular complexity index is 2370. The zero-order chi connectivity index (χ0) is 34.4. The van der Waals surface area contributed by atoms with E-state index >= 15 is 0 Å². The Morgan fingerprint density at radius 1 is 0.480 bits per heavy atom. The number of hydrogen-bond donors (Lipinski definition) is 4. The van der Waals surface area contributed by atoms with E-state index in [2.05, 4.69) is 20.5 Å². The summed E-state index contributed by atoms with van der Waals surface area (Å²) in [6.45, 7) is 0. The van der Waals surface area contributed by atoms with Crippen LogP contribution in [0.3, 0.4) is 0 Å². The van der Waals surface area contributed by atoms with Gasteiger partial charge in [0.05, 0.1) is 43.3 Å². The van der Waals surface area contributed by atoms with E-state index in [9.17, 15) is 36.2 Å². The zero-order valence-corrected chi connectivity index (χ0v) is 32.0. The summed E-state index contributed by atoms with van der Waals surface area (Å²) < 4.78 is 70.4. The Hall–Kier alpha value is -3.94. The van der Waals surface area contributed by atoms with Crippen molar-refractivity contribution in [3.05, 3.63) is 97.1 Å². The number of nitrogens with two attached hydrogens (primary N) is 2. The number of hydrogen-bond acceptors (Lipinski definition) is 14. The predicted molar refractivity (Wildman–Crippen MR) is 176 cm³/mol. The van der Waals surface area contributed by atoms with E-state index < -0.39 is 30.0 Å². The van der Waals surface area contributed by atoms with E-state index in [1.165, 1.54) is 24.3 Å². The SMILES string of the molecule is Nc1ccc2c(S(=O)(=O)[O-])ccc(O)c2c1N=Nc1ccc(-c2ccc(N=Nc3c(N)ccc4c(S(=O)(=O)[O-])ccc(O)c34)cc2)cc1.[Na+].[Na+]. The molecule has 0 heterocycles. The van der Waals surface area contributed by atoms with Crippen LogP contribution in [0.25, 0.3) is 32.7 Å². The molecule has 6 aromatic carbocycles. The van der Waals surface area contributed by atoms with Crippen molar-refractivity contribution in [2.24, 2.45) is 20.5 Å². The maximum absolute atomic E-state index is 11.7. The second-order valence-corrected chi connectivity index (χ2v) is 13.1. The van der Waals surface area contributed by atoms with E-state index in [1.807, 2.05) is 0 Å². The fraction of sp³-hybridized carbons (Fsp3) is 0. The predicted octanol–water partition coefficient (Wildman–Crippen LogP) is 0.883. The molecule has 6 N–H and O–H groups in total. The molecule has 0 saturated heterocycles. The summed E-state index contributed by atoms with van der Waals surface area (Å²) in [5.41, 5.74) is 14.7. The number of aromatic hydroxyl groups is 2. The number of fused-ring (bicyclic) bond motifs is 2. The van der Waals surface area contributed by atoms with Crippen LogP contribution in [0.1, 0.15) is 0 Å². The standard InChI is InChI=1S/C32H24N6O8S2.2Na/c33-23-11-9-21-27(47(41,42)43)15-13-25(39)29(21)31(23)37-35-19-5-1-17(2-6-19)18-3-7-20(8-4-18)36-38-32-24(34)12-10-22-28(48(44,45)46)16-14-26(40)30(22)32;;/h1-16,39-40H,33-34H2,(H,41,42,43)(H,44,45,46);;/q;2*+1/p-2. The van der Waals surface area contributed by atoms with Crippen molar-refractivity contribution in [2.75, 3.05) is 11.5 Å². The van der Waals surface area contributed by atoms with Gasteiger partial charge in [-0.15, -0.1) is 10.2 Å². The number of rotatable bonds is 7. The van der Waals surface area contributed by atoms with Gasteiger partial charge in [0.15, 0.2) is 0 Å². The fourth-order valence-electron chi connectivity index (χ4n) is 5.11. The zero-order valence-electron chi connectivity index (χ0n) is 26.3. The molecule has 0 aliphatic rings. The Labute approximate surface area is 329 Å². The molecule has 0 fully saturated rings. The van der Waals surface area contributed by atoms with Crippen molar-refractivity contribution >= 4 is 75.9 Å². The van der Waals surface area contributed by atoms with Crippen LogP contribution >= 0.6 is 0 Å². The maximum Gasteiger partial charge on any atom is 1.00 e. The molecule has 0 atom stereocenters. The second kappa shape index (κ2) is 15.1. The molecule has 242 valence electrons. The van der Waals surface area contributed by atoms with Gasteiger partial charge in [-0.25, -0.2) is 16.8 Å². The normalized spacial score (nSPS) is 12.0. The second-order valence-electron chi connectivity index (χ2n) is 10.4. The molecule has 0 aromatic heterocycles. The Morgan fingerprint density at radius 2 is 0.820 bits per heavy atom. The topological polar surface area (TPSA) is 256 Å². The molecule has 0 bridgehead atoms. The van der Waals surface area contributed by atoms with Crippen LogP contribution in [0.5, 0.6) is 11.5 Å². The minimum Gasteiger partial charge on any atom is -0.744 e. The van der Waals surface area contributed by atoms with Crippen molar-refractivity contribution in [3.63, 3.8) is 0 Å². The Morgan fingerprint density at radius 3 is 1.14 bits per heavy atom. The van der Waals surface area contributed by atoms with Gasteiger partial charge in [-0.1, -0.05) is 36.4 Å². The summed E-state index contributed by atoms with van der Waals surface area (Å²) in [6, 6.07) is 23.4. The van der Waals surface area contributed by atoms with Crippen molar-refractivity contribution in [1.29, 1.82) is 0 Å². The van der Waals surface area contributed by atoms with Crippen LogP contribution in [-0.2, 0) is 20.2 Å². The number of nitrogens with zero attached hydrogens (tertiary/aromatic N) is 4. The first-order valence-electron chi connectivity index (χ1n) is 13.8. The average Bonchev–Trinajstić information content (AvgIpc) is 3.03. The van der Waals surface area contributed by atoms with Crippen molar-refractivity contribution in [2.45, 2.75) is 9.79 Å². The number of phenols is 2. The fourth-order valence-corrected chi connectivity index (χ4v) is 6.46. The van der Waals surface area contributed by atoms with Crippen LogP contribution in [0, 0.1) is 0 Å². The van der Waals surface area contributed by atoms with Gasteiger partial charge in [-0.05, 0) is 71.8 Å². The molecule has 0 amide bonds. The van der Waals surface area contributed by atoms with Gasteiger partial charge in [0.2, 0.25) is 0 Å². The number of nitrogen functional groups attached to an aromatic ring is 2. The largest absolute Gasteiger partial charge is 1.00 e. The van der Waals surface area contributed by atoms with Crippen LogP contribution in [0.2, 0.25) is 0 Å². The third kappa shape index (κ3) is 7.84. The van der Waals surface area contributed by atoms with Crippen LogP contribution in [0.4, 0.5) is 34.1 Å². The molecule has 0 aliphatic heterocycles. The molecule has 0 aliphatic carbocycles. The summed E-state index contributed by atoms with van der Waals surface area (Å²) in [6.07, 6.45) is 0. The number of benzene rings is 6. The molecule has 6 rings (SSSR count). The minimum absolute atomic E-state index is 0. The molecule has 0 unspecified atom stereocenters. The van der Waals surface area contributed by atoms with Gasteiger partial charge in [-0.3, -0.25) is 0 Å². The quantitative estimate of drug-likeness (QED) is 0.0781.